The molecule has 156 valence electrons. The predicted octanol–water partition coefficient (Wildman–Crippen LogP) is 2.41. The third kappa shape index (κ3) is 3.46. The first kappa shape index (κ1) is 21.7. The molecule has 0 saturated heterocycles. The van der Waals surface area contributed by atoms with Crippen LogP contribution in [-0.4, -0.2) is 54.1 Å². The number of amides is 1. The van der Waals surface area contributed by atoms with E-state index in [2.05, 4.69) is 15.3 Å². The van der Waals surface area contributed by atoms with E-state index in [-0.39, 0.29) is 19.6 Å². The van der Waals surface area contributed by atoms with Gasteiger partial charge in [-0.05, 0) is 46.6 Å². The predicted molar refractivity (Wildman–Crippen MR) is 93.7 cm³/mol. The van der Waals surface area contributed by atoms with Crippen molar-refractivity contribution in [1.29, 1.82) is 0 Å². The summed E-state index contributed by atoms with van der Waals surface area (Å²) in [6.07, 6.45) is -1.14. The van der Waals surface area contributed by atoms with Crippen LogP contribution < -0.4 is 5.32 Å². The van der Waals surface area contributed by atoms with Gasteiger partial charge in [-0.1, -0.05) is 5.11 Å². The Kier molecular flexibility index (Phi) is 5.79. The Morgan fingerprint density at radius 3 is 2.29 bits per heavy atom. The summed E-state index contributed by atoms with van der Waals surface area (Å²) in [6, 6.07) is -1.14. The molecule has 0 heterocycles. The zero-order valence-electron chi connectivity index (χ0n) is 16.5. The number of nitrogens with one attached hydrogen (secondary N) is 1. The van der Waals surface area contributed by atoms with Gasteiger partial charge in [-0.25, -0.2) is 18.8 Å². The fourth-order valence-electron chi connectivity index (χ4n) is 3.93. The minimum atomic E-state index is -2.49. The maximum atomic E-state index is 15.5. The molecule has 5 unspecified atom stereocenters. The van der Waals surface area contributed by atoms with Crippen LogP contribution in [0.5, 0.6) is 0 Å². The fourth-order valence-corrected chi connectivity index (χ4v) is 3.93. The van der Waals surface area contributed by atoms with Crippen LogP contribution in [0.3, 0.4) is 0 Å². The number of esters is 2. The van der Waals surface area contributed by atoms with Crippen molar-refractivity contribution < 1.29 is 33.0 Å². The molecule has 2 saturated carbocycles. The Hall–Kier alpha value is -2.55. The molecule has 0 aliphatic heterocycles. The summed E-state index contributed by atoms with van der Waals surface area (Å²) in [5.41, 5.74) is 3.43. The molecule has 2 fully saturated rings. The molecule has 2 aliphatic carbocycles. The monoisotopic (exact) mass is 400 g/mol. The number of fused-ring (bicyclic) bond motifs is 1. The summed E-state index contributed by atoms with van der Waals surface area (Å²) >= 11 is 0. The SMILES string of the molecule is CCOC(=O)C1(F)C2CC(N=[N+]=[N-])C(NC(=O)OC(C)(C)C)(C(=O)OCC)C21. The summed E-state index contributed by atoms with van der Waals surface area (Å²) < 4.78 is 30.5. The Balaban J connectivity index is 2.48. The molecule has 2 aliphatic rings. The average Bonchev–Trinajstić information content (AvgIpc) is 3.02. The lowest BCUT2D eigenvalue weighted by atomic mass is 9.85. The normalized spacial score (nSPS) is 33.1. The smallest absolute Gasteiger partial charge is 0.408 e. The Labute approximate surface area is 161 Å². The van der Waals surface area contributed by atoms with E-state index < -0.39 is 52.7 Å². The number of carbonyl (C=O) groups is 3. The Morgan fingerprint density at radius 1 is 1.21 bits per heavy atom. The molecule has 28 heavy (non-hydrogen) atoms. The molecule has 5 atom stereocenters. The first-order chi connectivity index (χ1) is 13.0. The second-order valence-electron chi connectivity index (χ2n) is 7.75. The molecule has 0 radical (unpaired) electrons. The average molecular weight is 400 g/mol. The van der Waals surface area contributed by atoms with E-state index in [4.69, 9.17) is 19.7 Å². The first-order valence-electron chi connectivity index (χ1n) is 9.07. The number of carbonyl (C=O) groups excluding carboxylic acids is 3. The van der Waals surface area contributed by atoms with Crippen LogP contribution >= 0.6 is 0 Å². The van der Waals surface area contributed by atoms with Gasteiger partial charge in [0.1, 0.15) is 5.60 Å². The highest BCUT2D eigenvalue weighted by Gasteiger charge is 2.86. The van der Waals surface area contributed by atoms with Gasteiger partial charge in [0, 0.05) is 16.7 Å². The van der Waals surface area contributed by atoms with E-state index in [1.807, 2.05) is 0 Å². The maximum Gasteiger partial charge on any atom is 0.408 e. The van der Waals surface area contributed by atoms with Crippen LogP contribution in [0.15, 0.2) is 5.11 Å². The third-order valence-corrected chi connectivity index (χ3v) is 4.88. The molecule has 11 heteroatoms. The van der Waals surface area contributed by atoms with Gasteiger partial charge in [0.15, 0.2) is 5.54 Å². The molecule has 0 aromatic rings. The Bertz CT molecular complexity index is 719. The number of ether oxygens (including phenoxy) is 3. The van der Waals surface area contributed by atoms with Gasteiger partial charge in [-0.15, -0.1) is 0 Å². The van der Waals surface area contributed by atoms with E-state index in [0.29, 0.717) is 0 Å². The van der Waals surface area contributed by atoms with Crippen LogP contribution in [0.2, 0.25) is 0 Å². The number of alkyl carbamates (subject to hydrolysis) is 1. The number of alkyl halides is 1. The molecule has 0 aromatic heterocycles. The second kappa shape index (κ2) is 7.46. The van der Waals surface area contributed by atoms with Crippen molar-refractivity contribution in [3.63, 3.8) is 0 Å². The number of hydrogen-bond acceptors (Lipinski definition) is 7. The molecule has 1 amide bonds. The van der Waals surface area contributed by atoms with Crippen molar-refractivity contribution in [3.8, 4) is 0 Å². The van der Waals surface area contributed by atoms with E-state index in [1.54, 1.807) is 20.8 Å². The molecule has 2 rings (SSSR count). The van der Waals surface area contributed by atoms with Crippen molar-refractivity contribution >= 4 is 18.0 Å². The highest BCUT2D eigenvalue weighted by molar-refractivity contribution is 5.94. The van der Waals surface area contributed by atoms with Crippen LogP contribution in [-0.2, 0) is 23.8 Å². The standard InChI is InChI=1S/C17H25FN4O6/c1-6-26-12(23)16(18)9-8-10(21-22-19)17(11(9)16,13(24)27-7-2)20-14(25)28-15(3,4)5/h9-11H,6-8H2,1-5H3,(H,20,25). The van der Waals surface area contributed by atoms with Gasteiger partial charge in [-0.2, -0.15) is 0 Å². The quantitative estimate of drug-likeness (QED) is 0.239. The van der Waals surface area contributed by atoms with Crippen molar-refractivity contribution in [2.75, 3.05) is 13.2 Å². The zero-order chi connectivity index (χ0) is 21.3. The summed E-state index contributed by atoms with van der Waals surface area (Å²) in [6.45, 7) is 7.80. The van der Waals surface area contributed by atoms with E-state index in [0.717, 1.165) is 0 Å². The number of azide groups is 1. The zero-order valence-corrected chi connectivity index (χ0v) is 16.5. The highest BCUT2D eigenvalue weighted by Crippen LogP contribution is 2.68. The van der Waals surface area contributed by atoms with Gasteiger partial charge in [0.05, 0.1) is 19.3 Å². The lowest BCUT2D eigenvalue weighted by molar-refractivity contribution is -0.158. The van der Waals surface area contributed by atoms with E-state index in [9.17, 15) is 14.4 Å². The minimum absolute atomic E-state index is 0.0460. The molecular formula is C17H25FN4O6. The maximum absolute atomic E-state index is 15.5. The largest absolute Gasteiger partial charge is 0.464 e. The summed E-state index contributed by atoms with van der Waals surface area (Å²) in [5, 5.41) is 5.94. The van der Waals surface area contributed by atoms with Crippen molar-refractivity contribution in [3.05, 3.63) is 10.4 Å². The molecule has 0 aromatic carbocycles. The number of nitrogens with zero attached hydrogens (tertiary/aromatic N) is 3. The van der Waals surface area contributed by atoms with Gasteiger partial charge in [-0.3, -0.25) is 0 Å². The number of halogens is 1. The summed E-state index contributed by atoms with van der Waals surface area (Å²) in [7, 11) is 0. The van der Waals surface area contributed by atoms with Crippen molar-refractivity contribution in [1.82, 2.24) is 5.32 Å². The molecule has 0 spiro atoms. The van der Waals surface area contributed by atoms with Gasteiger partial charge < -0.3 is 19.5 Å². The van der Waals surface area contributed by atoms with Gasteiger partial charge in [0.2, 0.25) is 5.67 Å². The second-order valence-corrected chi connectivity index (χ2v) is 7.75. The topological polar surface area (TPSA) is 140 Å². The third-order valence-electron chi connectivity index (χ3n) is 4.88. The van der Waals surface area contributed by atoms with Crippen LogP contribution in [0.25, 0.3) is 10.4 Å². The summed E-state index contributed by atoms with van der Waals surface area (Å²) in [4.78, 5) is 40.2. The van der Waals surface area contributed by atoms with Crippen molar-refractivity contribution in [2.45, 2.75) is 63.9 Å². The number of rotatable bonds is 6. The minimum Gasteiger partial charge on any atom is -0.464 e. The van der Waals surface area contributed by atoms with Gasteiger partial charge in [0.25, 0.3) is 0 Å². The van der Waals surface area contributed by atoms with Gasteiger partial charge >= 0.3 is 18.0 Å². The lowest BCUT2D eigenvalue weighted by Crippen LogP contribution is -2.64. The fraction of sp³-hybridized carbons (Fsp3) is 0.824. The van der Waals surface area contributed by atoms with Crippen LogP contribution in [0.4, 0.5) is 9.18 Å². The van der Waals surface area contributed by atoms with Crippen molar-refractivity contribution in [2.24, 2.45) is 17.0 Å². The molecular weight excluding hydrogens is 375 g/mol. The van der Waals surface area contributed by atoms with E-state index in [1.165, 1.54) is 13.8 Å². The summed E-state index contributed by atoms with van der Waals surface area (Å²) in [5.74, 6) is -4.36. The Morgan fingerprint density at radius 2 is 1.79 bits per heavy atom. The highest BCUT2D eigenvalue weighted by atomic mass is 19.1. The van der Waals surface area contributed by atoms with E-state index >= 15 is 4.39 Å². The first-order valence-corrected chi connectivity index (χ1v) is 9.07. The molecule has 1 N–H and O–H groups in total. The number of hydrogen-bond donors (Lipinski definition) is 1. The molecule has 0 bridgehead atoms. The lowest BCUT2D eigenvalue weighted by Gasteiger charge is -2.36. The van der Waals surface area contributed by atoms with Crippen LogP contribution in [0, 0.1) is 11.8 Å². The van der Waals surface area contributed by atoms with Crippen LogP contribution in [0.1, 0.15) is 41.0 Å². The molecule has 10 nitrogen and oxygen atoms in total.